The quantitative estimate of drug-likeness (QED) is 0.901. The number of nitrogens with zero attached hydrogens (tertiary/aromatic N) is 2. The Morgan fingerprint density at radius 3 is 2.80 bits per heavy atom. The van der Waals surface area contributed by atoms with Gasteiger partial charge in [0.2, 0.25) is 17.6 Å². The summed E-state index contributed by atoms with van der Waals surface area (Å²) in [6.07, 6.45) is 1.48. The van der Waals surface area contributed by atoms with E-state index in [1.54, 1.807) is 19.1 Å². The lowest BCUT2D eigenvalue weighted by molar-refractivity contribution is -0.118. The van der Waals surface area contributed by atoms with E-state index in [1.165, 1.54) is 0 Å². The third kappa shape index (κ3) is 2.81. The molecule has 0 spiro atoms. The summed E-state index contributed by atoms with van der Waals surface area (Å²) < 4.78 is 4.94. The van der Waals surface area contributed by atoms with Crippen molar-refractivity contribution in [2.24, 2.45) is 5.73 Å². The second kappa shape index (κ2) is 5.22. The highest BCUT2D eigenvalue weighted by molar-refractivity contribution is 6.00. The summed E-state index contributed by atoms with van der Waals surface area (Å²) in [5, 5.41) is 6.66. The molecule has 1 saturated carbocycles. The Hall–Kier alpha value is -1.92. The van der Waals surface area contributed by atoms with Crippen LogP contribution in [0.5, 0.6) is 0 Å². The van der Waals surface area contributed by atoms with Gasteiger partial charge in [0, 0.05) is 18.2 Å². The van der Waals surface area contributed by atoms with Crippen LogP contribution in [0.2, 0.25) is 0 Å². The molecule has 1 aromatic heterocycles. The fourth-order valence-electron chi connectivity index (χ4n) is 1.77. The molecular formula is C13H15ClN4O2. The molecule has 7 heteroatoms. The van der Waals surface area contributed by atoms with E-state index in [0.717, 1.165) is 18.4 Å². The van der Waals surface area contributed by atoms with Gasteiger partial charge in [0.25, 0.3) is 0 Å². The first kappa shape index (κ1) is 14.5. The maximum atomic E-state index is 11.9. The van der Waals surface area contributed by atoms with E-state index in [1.807, 2.05) is 12.1 Å². The fraction of sp³-hybridized carbons (Fsp3) is 0.308. The lowest BCUT2D eigenvalue weighted by Gasteiger charge is -2.10. The van der Waals surface area contributed by atoms with Gasteiger partial charge in [0.1, 0.15) is 0 Å². The molecule has 0 radical (unpaired) electrons. The molecule has 3 N–H and O–H groups in total. The Bertz CT molecular complexity index is 637. The molecule has 0 atom stereocenters. The number of carbonyl (C=O) groups is 1. The summed E-state index contributed by atoms with van der Waals surface area (Å²) in [5.41, 5.74) is 6.63. The van der Waals surface area contributed by atoms with Crippen LogP contribution in [0.4, 0.5) is 5.69 Å². The number of aryl methyl sites for hydroxylation is 1. The highest BCUT2D eigenvalue weighted by Crippen LogP contribution is 2.33. The van der Waals surface area contributed by atoms with Crippen LogP contribution >= 0.6 is 12.4 Å². The van der Waals surface area contributed by atoms with Crippen molar-refractivity contribution in [2.45, 2.75) is 25.3 Å². The number of anilines is 1. The maximum absolute atomic E-state index is 11.9. The summed E-state index contributed by atoms with van der Waals surface area (Å²) in [4.78, 5) is 16.0. The van der Waals surface area contributed by atoms with Crippen LogP contribution < -0.4 is 11.1 Å². The van der Waals surface area contributed by atoms with Gasteiger partial charge >= 0.3 is 0 Å². The van der Waals surface area contributed by atoms with Gasteiger partial charge in [-0.05, 0) is 25.0 Å². The first-order chi connectivity index (χ1) is 9.07. The van der Waals surface area contributed by atoms with Gasteiger partial charge < -0.3 is 15.6 Å². The molecule has 2 aromatic rings. The minimum absolute atomic E-state index is 0. The Morgan fingerprint density at radius 1 is 1.45 bits per heavy atom. The van der Waals surface area contributed by atoms with E-state index >= 15 is 0 Å². The molecule has 3 rings (SSSR count). The Balaban J connectivity index is 0.00000147. The van der Waals surface area contributed by atoms with Crippen molar-refractivity contribution in [1.29, 1.82) is 0 Å². The first-order valence-electron chi connectivity index (χ1n) is 6.08. The summed E-state index contributed by atoms with van der Waals surface area (Å²) >= 11 is 0. The predicted octanol–water partition coefficient (Wildman–Crippen LogP) is 1.90. The van der Waals surface area contributed by atoms with Crippen molar-refractivity contribution in [3.8, 4) is 11.4 Å². The van der Waals surface area contributed by atoms with Gasteiger partial charge in [0.05, 0.1) is 5.54 Å². The number of halogens is 1. The van der Waals surface area contributed by atoms with Crippen molar-refractivity contribution in [3.05, 3.63) is 30.2 Å². The minimum atomic E-state index is -0.682. The number of carbonyl (C=O) groups excluding carboxylic acids is 1. The standard InChI is InChI=1S/C13H14N4O2.ClH/c1-8-15-11(17-19-8)9-3-2-4-10(7-9)16-12(18)13(14)5-6-13;/h2-4,7H,5-6,14H2,1H3,(H,16,18);1H. The molecule has 1 heterocycles. The van der Waals surface area contributed by atoms with E-state index in [9.17, 15) is 4.79 Å². The van der Waals surface area contributed by atoms with Gasteiger partial charge in [-0.3, -0.25) is 4.79 Å². The van der Waals surface area contributed by atoms with Crippen LogP contribution in [0.3, 0.4) is 0 Å². The van der Waals surface area contributed by atoms with Crippen LogP contribution in [-0.2, 0) is 4.79 Å². The molecule has 0 unspecified atom stereocenters. The molecule has 1 aliphatic rings. The number of hydrogen-bond donors (Lipinski definition) is 2. The Labute approximate surface area is 122 Å². The zero-order valence-corrected chi connectivity index (χ0v) is 11.7. The van der Waals surface area contributed by atoms with Gasteiger partial charge in [-0.15, -0.1) is 12.4 Å². The predicted molar refractivity (Wildman–Crippen MR) is 76.5 cm³/mol. The third-order valence-electron chi connectivity index (χ3n) is 3.15. The molecule has 6 nitrogen and oxygen atoms in total. The number of benzene rings is 1. The minimum Gasteiger partial charge on any atom is -0.339 e. The second-order valence-corrected chi connectivity index (χ2v) is 4.83. The number of rotatable bonds is 3. The van der Waals surface area contributed by atoms with Crippen LogP contribution in [0.25, 0.3) is 11.4 Å². The van der Waals surface area contributed by atoms with E-state index in [2.05, 4.69) is 15.5 Å². The van der Waals surface area contributed by atoms with Crippen molar-refractivity contribution < 1.29 is 9.32 Å². The zero-order valence-electron chi connectivity index (χ0n) is 10.9. The number of nitrogens with two attached hydrogens (primary N) is 1. The van der Waals surface area contributed by atoms with Crippen LogP contribution in [0.15, 0.2) is 28.8 Å². The van der Waals surface area contributed by atoms with Gasteiger partial charge in [-0.1, -0.05) is 17.3 Å². The molecule has 0 bridgehead atoms. The first-order valence-corrected chi connectivity index (χ1v) is 6.08. The van der Waals surface area contributed by atoms with Gasteiger partial charge in [0.15, 0.2) is 0 Å². The smallest absolute Gasteiger partial charge is 0.244 e. The van der Waals surface area contributed by atoms with E-state index in [-0.39, 0.29) is 18.3 Å². The highest BCUT2D eigenvalue weighted by atomic mass is 35.5. The largest absolute Gasteiger partial charge is 0.339 e. The Kier molecular flexibility index (Phi) is 3.78. The molecule has 20 heavy (non-hydrogen) atoms. The van der Waals surface area contributed by atoms with E-state index < -0.39 is 5.54 Å². The molecule has 1 fully saturated rings. The highest BCUT2D eigenvalue weighted by Gasteiger charge is 2.45. The summed E-state index contributed by atoms with van der Waals surface area (Å²) in [7, 11) is 0. The Morgan fingerprint density at radius 2 is 2.20 bits per heavy atom. The molecule has 1 aliphatic carbocycles. The lowest BCUT2D eigenvalue weighted by Crippen LogP contribution is -2.37. The molecule has 0 saturated heterocycles. The van der Waals surface area contributed by atoms with E-state index in [4.69, 9.17) is 10.3 Å². The monoisotopic (exact) mass is 294 g/mol. The van der Waals surface area contributed by atoms with Gasteiger partial charge in [-0.25, -0.2) is 0 Å². The number of hydrogen-bond acceptors (Lipinski definition) is 5. The van der Waals surface area contributed by atoms with Crippen molar-refractivity contribution in [1.82, 2.24) is 10.1 Å². The second-order valence-electron chi connectivity index (χ2n) is 4.83. The maximum Gasteiger partial charge on any atom is 0.244 e. The molecule has 1 aromatic carbocycles. The molecule has 1 amide bonds. The molecule has 106 valence electrons. The van der Waals surface area contributed by atoms with E-state index in [0.29, 0.717) is 17.4 Å². The van der Waals surface area contributed by atoms with Crippen molar-refractivity contribution in [2.75, 3.05) is 5.32 Å². The van der Waals surface area contributed by atoms with Gasteiger partial charge in [-0.2, -0.15) is 4.98 Å². The summed E-state index contributed by atoms with van der Waals surface area (Å²) in [5.74, 6) is 0.861. The number of nitrogens with one attached hydrogen (secondary N) is 1. The molecular weight excluding hydrogens is 280 g/mol. The zero-order chi connectivity index (χ0) is 13.5. The van der Waals surface area contributed by atoms with Crippen LogP contribution in [0.1, 0.15) is 18.7 Å². The number of aromatic nitrogens is 2. The van der Waals surface area contributed by atoms with Crippen molar-refractivity contribution >= 4 is 24.0 Å². The van der Waals surface area contributed by atoms with Crippen molar-refractivity contribution in [3.63, 3.8) is 0 Å². The number of amides is 1. The summed E-state index contributed by atoms with van der Waals surface area (Å²) in [6, 6.07) is 7.29. The van der Waals surface area contributed by atoms with Crippen LogP contribution in [-0.4, -0.2) is 21.6 Å². The average Bonchev–Trinajstić information content (AvgIpc) is 2.99. The SMILES string of the molecule is Cc1nc(-c2cccc(NC(=O)C3(N)CC3)c2)no1.Cl. The third-order valence-corrected chi connectivity index (χ3v) is 3.15. The normalized spacial score (nSPS) is 15.3. The lowest BCUT2D eigenvalue weighted by atomic mass is 10.2. The average molecular weight is 295 g/mol. The topological polar surface area (TPSA) is 94.0 Å². The van der Waals surface area contributed by atoms with Crippen LogP contribution in [0, 0.1) is 6.92 Å². The summed E-state index contributed by atoms with van der Waals surface area (Å²) in [6.45, 7) is 1.73. The molecule has 0 aliphatic heterocycles. The fourth-order valence-corrected chi connectivity index (χ4v) is 1.77.